The zero-order valence-corrected chi connectivity index (χ0v) is 26.3. The number of anilines is 2. The summed E-state index contributed by atoms with van der Waals surface area (Å²) >= 11 is 0. The summed E-state index contributed by atoms with van der Waals surface area (Å²) in [5.74, 6) is -1.24. The number of ether oxygens (including phenoxy) is 2. The summed E-state index contributed by atoms with van der Waals surface area (Å²) in [5, 5.41) is 9.84. The average Bonchev–Trinajstić information content (AvgIpc) is 3.28. The first-order chi connectivity index (χ1) is 19.2. The third kappa shape index (κ3) is 5.80. The van der Waals surface area contributed by atoms with E-state index in [1.54, 1.807) is 17.0 Å². The van der Waals surface area contributed by atoms with Crippen molar-refractivity contribution in [2.75, 3.05) is 23.0 Å². The second-order valence-corrected chi connectivity index (χ2v) is 16.4. The molecule has 1 aromatic rings. The molecule has 2 amide bonds. The summed E-state index contributed by atoms with van der Waals surface area (Å²) in [5.41, 5.74) is 2.61. The summed E-state index contributed by atoms with van der Waals surface area (Å²) in [6.07, 6.45) is 5.28. The fourth-order valence-corrected chi connectivity index (χ4v) is 9.32. The molecule has 1 unspecified atom stereocenters. The first kappa shape index (κ1) is 31.1. The summed E-state index contributed by atoms with van der Waals surface area (Å²) in [4.78, 5) is 53.2. The Kier molecular flexibility index (Phi) is 8.99. The van der Waals surface area contributed by atoms with Crippen LogP contribution in [0, 0.1) is 5.92 Å². The number of hydrogen-bond acceptors (Lipinski definition) is 7. The van der Waals surface area contributed by atoms with E-state index in [-0.39, 0.29) is 36.3 Å². The minimum Gasteiger partial charge on any atom is -0.441 e. The van der Waals surface area contributed by atoms with Gasteiger partial charge in [-0.3, -0.25) is 19.3 Å². The van der Waals surface area contributed by atoms with Gasteiger partial charge in [0.05, 0.1) is 18.2 Å². The Balaban J connectivity index is 1.78. The number of carbonyl (C=O) groups is 3. The van der Waals surface area contributed by atoms with Crippen molar-refractivity contribution in [1.82, 2.24) is 0 Å². The molecule has 0 bridgehead atoms. The number of aliphatic hydroxyl groups is 1. The number of hydrogen-bond donors (Lipinski definition) is 2. The number of rotatable bonds is 10. The van der Waals surface area contributed by atoms with Gasteiger partial charge in [0.25, 0.3) is 5.91 Å². The van der Waals surface area contributed by atoms with Crippen molar-refractivity contribution in [2.45, 2.75) is 96.9 Å². The fourth-order valence-electron chi connectivity index (χ4n) is 6.71. The molecule has 2 saturated heterocycles. The van der Waals surface area contributed by atoms with Crippen molar-refractivity contribution in [3.05, 3.63) is 47.1 Å². The number of carbonyl (C=O) groups excluding carboxylic acids is 3. The molecule has 224 valence electrons. The minimum absolute atomic E-state index is 0.0987. The number of nitrogens with zero attached hydrogens (tertiary/aromatic N) is 2. The van der Waals surface area contributed by atoms with Crippen LogP contribution in [0.2, 0.25) is 18.6 Å². The number of benzene rings is 1. The molecule has 0 aromatic heterocycles. The summed E-state index contributed by atoms with van der Waals surface area (Å²) < 4.78 is 12.0. The lowest BCUT2D eigenvalue weighted by Crippen LogP contribution is -2.55. The molecular formula is C31H44N2O7Si. The highest BCUT2D eigenvalue weighted by molar-refractivity contribution is 6.71. The smallest absolute Gasteiger partial charge is 0.304 e. The lowest BCUT2D eigenvalue weighted by molar-refractivity contribution is -0.153. The van der Waals surface area contributed by atoms with Crippen LogP contribution in [0.15, 0.2) is 41.5 Å². The predicted molar refractivity (Wildman–Crippen MR) is 160 cm³/mol. The number of fused-ring (bicyclic) bond motifs is 2. The molecule has 1 spiro atoms. The van der Waals surface area contributed by atoms with Crippen LogP contribution in [-0.4, -0.2) is 61.5 Å². The van der Waals surface area contributed by atoms with Gasteiger partial charge in [-0.1, -0.05) is 30.2 Å². The topological polar surface area (TPSA) is 117 Å². The van der Waals surface area contributed by atoms with E-state index < -0.39 is 32.2 Å². The van der Waals surface area contributed by atoms with E-state index >= 15 is 0 Å². The molecule has 0 radical (unpaired) electrons. The summed E-state index contributed by atoms with van der Waals surface area (Å²) in [7, 11) is -2.83. The molecule has 2 fully saturated rings. The van der Waals surface area contributed by atoms with Crippen molar-refractivity contribution in [3.63, 3.8) is 0 Å². The highest BCUT2D eigenvalue weighted by Crippen LogP contribution is 2.60. The molecular weight excluding hydrogens is 540 g/mol. The molecule has 10 heteroatoms. The first-order valence-corrected chi connectivity index (χ1v) is 17.5. The molecule has 3 aliphatic heterocycles. The van der Waals surface area contributed by atoms with Gasteiger partial charge in [0, 0.05) is 42.8 Å². The van der Waals surface area contributed by atoms with Gasteiger partial charge in [-0.2, -0.15) is 0 Å². The quantitative estimate of drug-likeness (QED) is 0.180. The maximum Gasteiger partial charge on any atom is 0.304 e. The van der Waals surface area contributed by atoms with Crippen LogP contribution in [0.25, 0.3) is 0 Å². The Labute approximate surface area is 243 Å². The zero-order chi connectivity index (χ0) is 30.3. The SMILES string of the molecule is CC(=O)OC1CC(=O)N1c1ccc2c(c1)[C@@]1(O[C@H](CCO)[C@@H]([Si](C)(C)O)[C@@H]1C)C(=O)N2C/C=C(\C)CCC=C(C)C. The molecule has 9 nitrogen and oxygen atoms in total. The van der Waals surface area contributed by atoms with Gasteiger partial charge < -0.3 is 24.3 Å². The molecule has 1 aromatic carbocycles. The molecule has 5 atom stereocenters. The fraction of sp³-hybridized carbons (Fsp3) is 0.581. The standard InChI is InChI=1S/C31H44N2O7Si/c1-19(2)9-8-10-20(3)13-15-32-25-12-11-23(33-27(36)18-28(33)39-22(5)35)17-24(25)31(30(32)37)21(4)29(41(6,7)38)26(40-31)14-16-34/h9,11-13,17,21,26,28-29,34,38H,8,10,14-16,18H2,1-7H3/b20-13+/t21-,26+,28?,29-,31+/m0/s1. The highest BCUT2D eigenvalue weighted by atomic mass is 28.4. The van der Waals surface area contributed by atoms with Crippen molar-refractivity contribution in [3.8, 4) is 0 Å². The third-order valence-electron chi connectivity index (χ3n) is 8.58. The van der Waals surface area contributed by atoms with Crippen LogP contribution >= 0.6 is 0 Å². The number of β-lactam (4-membered cyclic amide) rings is 1. The average molecular weight is 585 g/mol. The predicted octanol–water partition coefficient (Wildman–Crippen LogP) is 4.53. The lowest BCUT2D eigenvalue weighted by Gasteiger charge is -2.39. The van der Waals surface area contributed by atoms with Gasteiger partial charge in [0.1, 0.15) is 0 Å². The van der Waals surface area contributed by atoms with Gasteiger partial charge in [0.2, 0.25) is 5.91 Å². The van der Waals surface area contributed by atoms with E-state index in [4.69, 9.17) is 9.47 Å². The van der Waals surface area contributed by atoms with E-state index in [9.17, 15) is 24.3 Å². The highest BCUT2D eigenvalue weighted by Gasteiger charge is 2.66. The molecule has 3 heterocycles. The molecule has 2 N–H and O–H groups in total. The second kappa shape index (κ2) is 11.8. The Morgan fingerprint density at radius 2 is 1.90 bits per heavy atom. The largest absolute Gasteiger partial charge is 0.441 e. The number of esters is 1. The van der Waals surface area contributed by atoms with Crippen LogP contribution in [0.4, 0.5) is 11.4 Å². The van der Waals surface area contributed by atoms with Gasteiger partial charge in [-0.25, -0.2) is 0 Å². The van der Waals surface area contributed by atoms with E-state index in [1.165, 1.54) is 23.0 Å². The number of aliphatic hydroxyl groups excluding tert-OH is 1. The third-order valence-corrected chi connectivity index (χ3v) is 11.1. The van der Waals surface area contributed by atoms with Crippen LogP contribution in [0.5, 0.6) is 0 Å². The lowest BCUT2D eigenvalue weighted by atomic mass is 9.82. The van der Waals surface area contributed by atoms with Gasteiger partial charge in [0.15, 0.2) is 20.1 Å². The van der Waals surface area contributed by atoms with Crippen molar-refractivity contribution < 1.29 is 33.8 Å². The van der Waals surface area contributed by atoms with Crippen molar-refractivity contribution in [1.29, 1.82) is 0 Å². The van der Waals surface area contributed by atoms with Crippen LogP contribution in [0.3, 0.4) is 0 Å². The van der Waals surface area contributed by atoms with Crippen LogP contribution in [0.1, 0.15) is 65.9 Å². The van der Waals surface area contributed by atoms with E-state index in [2.05, 4.69) is 32.9 Å². The van der Waals surface area contributed by atoms with E-state index in [0.29, 0.717) is 29.9 Å². The Morgan fingerprint density at radius 3 is 2.49 bits per heavy atom. The first-order valence-electron chi connectivity index (χ1n) is 14.5. The van der Waals surface area contributed by atoms with Crippen molar-refractivity contribution >= 4 is 37.5 Å². The van der Waals surface area contributed by atoms with Crippen LogP contribution < -0.4 is 9.80 Å². The molecule has 3 aliphatic rings. The van der Waals surface area contributed by atoms with Crippen molar-refractivity contribution in [2.24, 2.45) is 5.92 Å². The summed E-state index contributed by atoms with van der Waals surface area (Å²) in [6.45, 7) is 13.4. The maximum absolute atomic E-state index is 14.5. The molecule has 4 rings (SSSR count). The molecule has 41 heavy (non-hydrogen) atoms. The van der Waals surface area contributed by atoms with Gasteiger partial charge in [-0.05, 0) is 71.3 Å². The number of amides is 2. The minimum atomic E-state index is -2.83. The summed E-state index contributed by atoms with van der Waals surface area (Å²) in [6, 6.07) is 5.39. The zero-order valence-electron chi connectivity index (χ0n) is 25.3. The normalized spacial score (nSPS) is 27.8. The van der Waals surface area contributed by atoms with Crippen LogP contribution in [-0.2, 0) is 29.5 Å². The van der Waals surface area contributed by atoms with Gasteiger partial charge in [-0.15, -0.1) is 0 Å². The monoisotopic (exact) mass is 584 g/mol. The molecule has 0 saturated carbocycles. The van der Waals surface area contributed by atoms with Gasteiger partial charge >= 0.3 is 5.97 Å². The van der Waals surface area contributed by atoms with E-state index in [1.807, 2.05) is 26.1 Å². The Morgan fingerprint density at radius 1 is 1.20 bits per heavy atom. The Hall–Kier alpha value is -2.79. The Bertz CT molecular complexity index is 1270. The maximum atomic E-state index is 14.5. The number of allylic oxidation sites excluding steroid dienone is 3. The second-order valence-electron chi connectivity index (χ2n) is 12.4. The molecule has 0 aliphatic carbocycles. The van der Waals surface area contributed by atoms with E-state index in [0.717, 1.165) is 12.8 Å².